The fraction of sp³-hybridized carbons (Fsp3) is 0.571. The van der Waals surface area contributed by atoms with Gasteiger partial charge in [-0.15, -0.1) is 0 Å². The molecule has 15 heavy (non-hydrogen) atoms. The van der Waals surface area contributed by atoms with Crippen molar-refractivity contribution in [2.24, 2.45) is 17.6 Å². The maximum Gasteiger partial charge on any atom is 0.00673 e. The lowest BCUT2D eigenvalue weighted by atomic mass is 9.89. The van der Waals surface area contributed by atoms with Gasteiger partial charge < -0.3 is 5.73 Å². The summed E-state index contributed by atoms with van der Waals surface area (Å²) in [5.41, 5.74) is 8.85. The lowest BCUT2D eigenvalue weighted by Crippen LogP contribution is -2.25. The van der Waals surface area contributed by atoms with Gasteiger partial charge in [-0.1, -0.05) is 36.8 Å². The molecule has 0 heterocycles. The van der Waals surface area contributed by atoms with Gasteiger partial charge >= 0.3 is 0 Å². The first-order valence-corrected chi connectivity index (χ1v) is 5.98. The first kappa shape index (κ1) is 10.7. The molecule has 0 aliphatic heterocycles. The van der Waals surface area contributed by atoms with E-state index in [1.165, 1.54) is 30.4 Å². The van der Waals surface area contributed by atoms with E-state index in [4.69, 9.17) is 5.73 Å². The summed E-state index contributed by atoms with van der Waals surface area (Å²) in [6.45, 7) is 4.44. The zero-order chi connectivity index (χ0) is 10.8. The fourth-order valence-corrected chi connectivity index (χ4v) is 2.60. The molecule has 0 radical (unpaired) electrons. The van der Waals surface area contributed by atoms with Crippen LogP contribution in [0.15, 0.2) is 24.3 Å². The Labute approximate surface area is 92.7 Å². The molecule has 1 nitrogen and oxygen atoms in total. The number of nitrogens with two attached hydrogens (primary N) is 1. The van der Waals surface area contributed by atoms with E-state index in [1.54, 1.807) is 0 Å². The highest BCUT2D eigenvalue weighted by Crippen LogP contribution is 2.32. The zero-order valence-corrected chi connectivity index (χ0v) is 9.74. The molecular weight excluding hydrogens is 182 g/mol. The minimum Gasteiger partial charge on any atom is -0.327 e. The van der Waals surface area contributed by atoms with E-state index in [0.717, 1.165) is 5.92 Å². The topological polar surface area (TPSA) is 26.0 Å². The van der Waals surface area contributed by atoms with Crippen molar-refractivity contribution in [1.82, 2.24) is 0 Å². The van der Waals surface area contributed by atoms with Crippen molar-refractivity contribution in [3.05, 3.63) is 35.4 Å². The molecule has 1 aliphatic rings. The molecule has 2 N–H and O–H groups in total. The molecule has 1 heteroatoms. The van der Waals surface area contributed by atoms with Crippen LogP contribution in [0.25, 0.3) is 0 Å². The summed E-state index contributed by atoms with van der Waals surface area (Å²) < 4.78 is 0. The molecule has 0 spiro atoms. The second-order valence-corrected chi connectivity index (χ2v) is 5.05. The van der Waals surface area contributed by atoms with Gasteiger partial charge in [-0.2, -0.15) is 0 Å². The lowest BCUT2D eigenvalue weighted by molar-refractivity contribution is 0.390. The molecule has 3 unspecified atom stereocenters. The van der Waals surface area contributed by atoms with Crippen LogP contribution in [0.3, 0.4) is 0 Å². The highest BCUT2D eigenvalue weighted by atomic mass is 14.7. The van der Waals surface area contributed by atoms with Crippen molar-refractivity contribution >= 4 is 0 Å². The molecule has 82 valence electrons. The summed E-state index contributed by atoms with van der Waals surface area (Å²) in [5, 5.41) is 0. The van der Waals surface area contributed by atoms with Crippen LogP contribution in [0.4, 0.5) is 0 Å². The summed E-state index contributed by atoms with van der Waals surface area (Å²) in [6.07, 6.45) is 3.71. The Kier molecular flexibility index (Phi) is 3.11. The average molecular weight is 203 g/mol. The molecule has 1 aromatic carbocycles. The third-order valence-electron chi connectivity index (χ3n) is 3.91. The maximum absolute atomic E-state index is 6.05. The minimum atomic E-state index is 0.431. The summed E-state index contributed by atoms with van der Waals surface area (Å²) in [7, 11) is 0. The molecule has 0 bridgehead atoms. The Bertz CT molecular complexity index is 315. The number of hydrogen-bond acceptors (Lipinski definition) is 1. The van der Waals surface area contributed by atoms with Gasteiger partial charge in [-0.3, -0.25) is 0 Å². The average Bonchev–Trinajstić information content (AvgIpc) is 2.53. The van der Waals surface area contributed by atoms with E-state index in [2.05, 4.69) is 38.1 Å². The van der Waals surface area contributed by atoms with E-state index in [0.29, 0.717) is 12.0 Å². The Morgan fingerprint density at radius 1 is 1.20 bits per heavy atom. The Morgan fingerprint density at radius 2 is 1.87 bits per heavy atom. The van der Waals surface area contributed by atoms with Crippen molar-refractivity contribution in [3.8, 4) is 0 Å². The SMILES string of the molecule is Cc1ccc(CC2CCC(N)C2C)cc1. The molecule has 0 saturated heterocycles. The number of aryl methyl sites for hydroxylation is 1. The van der Waals surface area contributed by atoms with Crippen molar-refractivity contribution in [2.75, 3.05) is 0 Å². The smallest absolute Gasteiger partial charge is 0.00673 e. The first-order valence-electron chi connectivity index (χ1n) is 5.98. The molecule has 0 amide bonds. The molecule has 1 aromatic rings. The second-order valence-electron chi connectivity index (χ2n) is 5.05. The summed E-state index contributed by atoms with van der Waals surface area (Å²) in [5.74, 6) is 1.48. The van der Waals surface area contributed by atoms with E-state index in [9.17, 15) is 0 Å². The van der Waals surface area contributed by atoms with Gasteiger partial charge in [0.05, 0.1) is 0 Å². The zero-order valence-electron chi connectivity index (χ0n) is 9.74. The molecule has 1 fully saturated rings. The summed E-state index contributed by atoms with van der Waals surface area (Å²) in [4.78, 5) is 0. The Balaban J connectivity index is 2.00. The molecule has 2 rings (SSSR count). The van der Waals surface area contributed by atoms with Gasteiger partial charge in [-0.25, -0.2) is 0 Å². The van der Waals surface area contributed by atoms with Crippen LogP contribution >= 0.6 is 0 Å². The number of hydrogen-bond donors (Lipinski definition) is 1. The van der Waals surface area contributed by atoms with E-state index in [1.807, 2.05) is 0 Å². The highest BCUT2D eigenvalue weighted by Gasteiger charge is 2.29. The monoisotopic (exact) mass is 203 g/mol. The van der Waals surface area contributed by atoms with Gasteiger partial charge in [-0.05, 0) is 43.6 Å². The van der Waals surface area contributed by atoms with E-state index < -0.39 is 0 Å². The van der Waals surface area contributed by atoms with Crippen LogP contribution in [0.1, 0.15) is 30.9 Å². The molecule has 1 saturated carbocycles. The van der Waals surface area contributed by atoms with Crippen LogP contribution < -0.4 is 5.73 Å². The van der Waals surface area contributed by atoms with Gasteiger partial charge in [0.2, 0.25) is 0 Å². The van der Waals surface area contributed by atoms with Crippen molar-refractivity contribution < 1.29 is 0 Å². The Morgan fingerprint density at radius 3 is 2.40 bits per heavy atom. The normalized spacial score (nSPS) is 30.7. The molecular formula is C14H21N. The lowest BCUT2D eigenvalue weighted by Gasteiger charge is -2.18. The van der Waals surface area contributed by atoms with Crippen molar-refractivity contribution in [3.63, 3.8) is 0 Å². The predicted octanol–water partition coefficient (Wildman–Crippen LogP) is 2.91. The van der Waals surface area contributed by atoms with E-state index in [-0.39, 0.29) is 0 Å². The predicted molar refractivity (Wildman–Crippen MR) is 64.7 cm³/mol. The second kappa shape index (κ2) is 4.36. The van der Waals surface area contributed by atoms with Crippen molar-refractivity contribution in [2.45, 2.75) is 39.2 Å². The van der Waals surface area contributed by atoms with Crippen LogP contribution in [0, 0.1) is 18.8 Å². The highest BCUT2D eigenvalue weighted by molar-refractivity contribution is 5.22. The van der Waals surface area contributed by atoms with Crippen LogP contribution in [0.5, 0.6) is 0 Å². The van der Waals surface area contributed by atoms with Gasteiger partial charge in [0, 0.05) is 6.04 Å². The molecule has 0 aromatic heterocycles. The van der Waals surface area contributed by atoms with E-state index >= 15 is 0 Å². The minimum absolute atomic E-state index is 0.431. The third kappa shape index (κ3) is 2.40. The number of benzene rings is 1. The molecule has 3 atom stereocenters. The number of rotatable bonds is 2. The van der Waals surface area contributed by atoms with Gasteiger partial charge in [0.1, 0.15) is 0 Å². The quantitative estimate of drug-likeness (QED) is 0.786. The fourth-order valence-electron chi connectivity index (χ4n) is 2.60. The van der Waals surface area contributed by atoms with Crippen LogP contribution in [-0.4, -0.2) is 6.04 Å². The third-order valence-corrected chi connectivity index (χ3v) is 3.91. The largest absolute Gasteiger partial charge is 0.327 e. The first-order chi connectivity index (χ1) is 7.16. The van der Waals surface area contributed by atoms with Crippen LogP contribution in [-0.2, 0) is 6.42 Å². The molecule has 1 aliphatic carbocycles. The Hall–Kier alpha value is -0.820. The van der Waals surface area contributed by atoms with Gasteiger partial charge in [0.25, 0.3) is 0 Å². The van der Waals surface area contributed by atoms with Crippen molar-refractivity contribution in [1.29, 1.82) is 0 Å². The standard InChI is InChI=1S/C14H21N/c1-10-3-5-12(6-4-10)9-13-7-8-14(15)11(13)2/h3-6,11,13-14H,7-9,15H2,1-2H3. The van der Waals surface area contributed by atoms with Crippen LogP contribution in [0.2, 0.25) is 0 Å². The van der Waals surface area contributed by atoms with Gasteiger partial charge in [0.15, 0.2) is 0 Å². The maximum atomic E-state index is 6.05. The summed E-state index contributed by atoms with van der Waals surface area (Å²) >= 11 is 0. The summed E-state index contributed by atoms with van der Waals surface area (Å²) in [6, 6.07) is 9.35.